The van der Waals surface area contributed by atoms with Crippen LogP contribution < -0.4 is 0 Å². The highest BCUT2D eigenvalue weighted by atomic mass is 35.5. The molecule has 0 unspecified atom stereocenters. The Hall–Kier alpha value is -2.08. The third kappa shape index (κ3) is 4.58. The summed E-state index contributed by atoms with van der Waals surface area (Å²) in [5.41, 5.74) is 0.637. The predicted molar refractivity (Wildman–Crippen MR) is 99.3 cm³/mol. The summed E-state index contributed by atoms with van der Waals surface area (Å²) >= 11 is 5.89. The molecule has 1 aliphatic heterocycles. The molecule has 4 N–H and O–H groups in total. The van der Waals surface area contributed by atoms with Gasteiger partial charge < -0.3 is 29.9 Å². The Morgan fingerprint density at radius 1 is 1.31 bits per heavy atom. The number of carbonyl (C=O) groups excluding carboxylic acids is 1. The zero-order valence-corrected chi connectivity index (χ0v) is 16.3. The second-order valence-electron chi connectivity index (χ2n) is 6.57. The van der Waals surface area contributed by atoms with Gasteiger partial charge in [-0.25, -0.2) is 4.79 Å². The Labute approximate surface area is 171 Å². The van der Waals surface area contributed by atoms with Gasteiger partial charge in [0.25, 0.3) is 0 Å². The molecule has 29 heavy (non-hydrogen) atoms. The lowest BCUT2D eigenvalue weighted by atomic mass is 9.90. The van der Waals surface area contributed by atoms with Crippen LogP contribution in [-0.4, -0.2) is 79.2 Å². The Kier molecular flexibility index (Phi) is 6.83. The molecule has 10 nitrogen and oxygen atoms in total. The molecule has 0 radical (unpaired) electrons. The third-order valence-electron chi connectivity index (χ3n) is 4.58. The molecule has 3 rings (SSSR count). The molecule has 1 fully saturated rings. The van der Waals surface area contributed by atoms with Gasteiger partial charge in [0, 0.05) is 5.02 Å². The van der Waals surface area contributed by atoms with Gasteiger partial charge in [-0.1, -0.05) is 23.7 Å². The molecule has 11 heteroatoms. The van der Waals surface area contributed by atoms with E-state index >= 15 is 0 Å². The number of hydrogen-bond acceptors (Lipinski definition) is 9. The number of ether oxygens (including phenoxy) is 2. The van der Waals surface area contributed by atoms with Gasteiger partial charge in [0.05, 0.1) is 25.7 Å². The van der Waals surface area contributed by atoms with Gasteiger partial charge in [0.1, 0.15) is 24.0 Å². The smallest absolute Gasteiger partial charge is 0.360 e. The molecular formula is C18H22ClN3O7. The number of nitrogens with zero attached hydrogens (tertiary/aromatic N) is 3. The van der Waals surface area contributed by atoms with Crippen molar-refractivity contribution in [1.82, 2.24) is 15.0 Å². The van der Waals surface area contributed by atoms with Gasteiger partial charge >= 0.3 is 5.97 Å². The molecule has 0 amide bonds. The lowest BCUT2D eigenvalue weighted by Gasteiger charge is -2.21. The summed E-state index contributed by atoms with van der Waals surface area (Å²) in [5, 5.41) is 48.6. The monoisotopic (exact) mass is 427 g/mol. The Balaban J connectivity index is 1.99. The van der Waals surface area contributed by atoms with E-state index in [4.69, 9.17) is 21.1 Å². The third-order valence-corrected chi connectivity index (χ3v) is 4.83. The van der Waals surface area contributed by atoms with Crippen LogP contribution in [-0.2, 0) is 16.0 Å². The number of aliphatic hydroxyl groups excluding tert-OH is 4. The van der Waals surface area contributed by atoms with Gasteiger partial charge in [0.15, 0.2) is 12.0 Å². The zero-order valence-electron chi connectivity index (χ0n) is 15.6. The van der Waals surface area contributed by atoms with E-state index in [-0.39, 0.29) is 24.5 Å². The van der Waals surface area contributed by atoms with E-state index < -0.39 is 43.1 Å². The van der Waals surface area contributed by atoms with Crippen molar-refractivity contribution >= 4 is 17.6 Å². The number of halogens is 1. The summed E-state index contributed by atoms with van der Waals surface area (Å²) in [4.78, 5) is 13.7. The molecule has 0 spiro atoms. The summed E-state index contributed by atoms with van der Waals surface area (Å²) in [6, 6.07) is 6.94. The first kappa shape index (κ1) is 21.6. The van der Waals surface area contributed by atoms with Crippen LogP contribution in [0.5, 0.6) is 0 Å². The fourth-order valence-electron chi connectivity index (χ4n) is 3.20. The van der Waals surface area contributed by atoms with Crippen LogP contribution in [0.4, 0.5) is 0 Å². The van der Waals surface area contributed by atoms with Crippen LogP contribution in [0.3, 0.4) is 0 Å². The van der Waals surface area contributed by atoms with Crippen molar-refractivity contribution in [3.05, 3.63) is 46.2 Å². The summed E-state index contributed by atoms with van der Waals surface area (Å²) in [6.07, 6.45) is -5.72. The molecule has 1 saturated heterocycles. The summed E-state index contributed by atoms with van der Waals surface area (Å²) in [6.45, 7) is 1.25. The molecule has 5 atom stereocenters. The minimum Gasteiger partial charge on any atom is -0.461 e. The minimum absolute atomic E-state index is 0.000960. The molecule has 0 saturated carbocycles. The first-order valence-corrected chi connectivity index (χ1v) is 9.40. The van der Waals surface area contributed by atoms with Crippen LogP contribution >= 0.6 is 11.6 Å². The summed E-state index contributed by atoms with van der Waals surface area (Å²) in [7, 11) is 0. The number of carbonyl (C=O) groups is 1. The molecule has 2 aromatic rings. The SMILES string of the molecule is CCOC(=O)c1nn(Cc2ccc(Cl)cc2)nc1[C@@H]1[C@@H](O)[C@@H](O)O[C@@H]1[C@@H](O)CO. The normalized spacial score (nSPS) is 25.2. The van der Waals surface area contributed by atoms with Crippen LogP contribution in [0.1, 0.15) is 34.6 Å². The van der Waals surface area contributed by atoms with E-state index in [2.05, 4.69) is 10.2 Å². The van der Waals surface area contributed by atoms with Crippen molar-refractivity contribution < 1.29 is 34.7 Å². The molecule has 1 aromatic carbocycles. The minimum atomic E-state index is -1.62. The number of rotatable bonds is 7. The predicted octanol–water partition coefficient (Wildman–Crippen LogP) is -0.329. The molecule has 1 aromatic heterocycles. The molecule has 2 heterocycles. The van der Waals surface area contributed by atoms with Crippen molar-refractivity contribution in [1.29, 1.82) is 0 Å². The van der Waals surface area contributed by atoms with Crippen LogP contribution in [0.15, 0.2) is 24.3 Å². The second-order valence-corrected chi connectivity index (χ2v) is 7.01. The standard InChI is InChI=1S/C18H22ClN3O7/c1-2-28-17(26)14-13(12-15(25)18(27)29-16(12)11(24)8-23)20-22(21-14)7-9-3-5-10(19)6-4-9/h3-6,11-12,15-16,18,23-25,27H,2,7-8H2,1H3/t11-,12+,15+,16+,18-/m0/s1. The lowest BCUT2D eigenvalue weighted by molar-refractivity contribution is -0.149. The van der Waals surface area contributed by atoms with Crippen molar-refractivity contribution in [3.63, 3.8) is 0 Å². The maximum Gasteiger partial charge on any atom is 0.360 e. The maximum atomic E-state index is 12.4. The van der Waals surface area contributed by atoms with Crippen LogP contribution in [0.2, 0.25) is 5.02 Å². The van der Waals surface area contributed by atoms with Crippen LogP contribution in [0, 0.1) is 0 Å². The van der Waals surface area contributed by atoms with Crippen molar-refractivity contribution in [2.24, 2.45) is 0 Å². The molecule has 0 aliphatic carbocycles. The molecule has 1 aliphatic rings. The Bertz CT molecular complexity index is 844. The number of benzene rings is 1. The first-order valence-electron chi connectivity index (χ1n) is 9.02. The van der Waals surface area contributed by atoms with E-state index in [1.165, 1.54) is 4.80 Å². The molecular weight excluding hydrogens is 406 g/mol. The van der Waals surface area contributed by atoms with Crippen LogP contribution in [0.25, 0.3) is 0 Å². The Morgan fingerprint density at radius 3 is 2.62 bits per heavy atom. The fraction of sp³-hybridized carbons (Fsp3) is 0.500. The van der Waals surface area contributed by atoms with Gasteiger partial charge in [-0.15, -0.1) is 5.10 Å². The van der Waals surface area contributed by atoms with E-state index in [0.717, 1.165) is 5.56 Å². The molecule has 0 bridgehead atoms. The van der Waals surface area contributed by atoms with Crippen molar-refractivity contribution in [2.45, 2.75) is 44.0 Å². The highest BCUT2D eigenvalue weighted by Crippen LogP contribution is 2.37. The Morgan fingerprint density at radius 2 is 2.00 bits per heavy atom. The van der Waals surface area contributed by atoms with Crippen molar-refractivity contribution in [2.75, 3.05) is 13.2 Å². The summed E-state index contributed by atoms with van der Waals surface area (Å²) in [5.74, 6) is -1.87. The first-order chi connectivity index (χ1) is 13.8. The number of hydrogen-bond donors (Lipinski definition) is 4. The number of esters is 1. The average molecular weight is 428 g/mol. The number of aromatic nitrogens is 3. The largest absolute Gasteiger partial charge is 0.461 e. The van der Waals surface area contributed by atoms with Gasteiger partial charge in [-0.3, -0.25) is 0 Å². The van der Waals surface area contributed by atoms with E-state index in [0.29, 0.717) is 5.02 Å². The number of aliphatic hydroxyl groups is 4. The zero-order chi connectivity index (χ0) is 21.1. The highest BCUT2D eigenvalue weighted by Gasteiger charge is 2.50. The fourth-order valence-corrected chi connectivity index (χ4v) is 3.33. The van der Waals surface area contributed by atoms with Gasteiger partial charge in [-0.05, 0) is 24.6 Å². The molecule has 158 valence electrons. The average Bonchev–Trinajstić information content (AvgIpc) is 3.24. The van der Waals surface area contributed by atoms with E-state index in [1.807, 2.05) is 0 Å². The van der Waals surface area contributed by atoms with E-state index in [9.17, 15) is 25.2 Å². The second kappa shape index (κ2) is 9.16. The van der Waals surface area contributed by atoms with Gasteiger partial charge in [-0.2, -0.15) is 9.90 Å². The highest BCUT2D eigenvalue weighted by molar-refractivity contribution is 6.30. The quantitative estimate of drug-likeness (QED) is 0.436. The lowest BCUT2D eigenvalue weighted by Crippen LogP contribution is -2.36. The topological polar surface area (TPSA) is 147 Å². The van der Waals surface area contributed by atoms with E-state index in [1.54, 1.807) is 31.2 Å². The maximum absolute atomic E-state index is 12.4. The van der Waals surface area contributed by atoms with Crippen molar-refractivity contribution in [3.8, 4) is 0 Å². The van der Waals surface area contributed by atoms with Gasteiger partial charge in [0.2, 0.25) is 0 Å². The summed E-state index contributed by atoms with van der Waals surface area (Å²) < 4.78 is 10.2.